The van der Waals surface area contributed by atoms with E-state index < -0.39 is 0 Å². The monoisotopic (exact) mass is 427 g/mol. The number of carbonyl (C=O) groups is 1. The summed E-state index contributed by atoms with van der Waals surface area (Å²) in [5, 5.41) is 3.96. The van der Waals surface area contributed by atoms with Gasteiger partial charge in [-0.05, 0) is 38.6 Å². The first kappa shape index (κ1) is 19.8. The van der Waals surface area contributed by atoms with Gasteiger partial charge in [0.2, 0.25) is 0 Å². The van der Waals surface area contributed by atoms with Crippen LogP contribution in [0.1, 0.15) is 34.8 Å². The van der Waals surface area contributed by atoms with Gasteiger partial charge in [0.15, 0.2) is 5.13 Å². The van der Waals surface area contributed by atoms with Crippen LogP contribution < -0.4 is 15.0 Å². The van der Waals surface area contributed by atoms with Gasteiger partial charge in [-0.25, -0.2) is 4.98 Å². The molecule has 0 radical (unpaired) electrons. The highest BCUT2D eigenvalue weighted by molar-refractivity contribution is 7.17. The SMILES string of the molecule is CN1CCN(Cc2ccc3c(c2)OCCN3c2nc3c(s2)C(=O)NC(C)(C)C3)CC1. The summed E-state index contributed by atoms with van der Waals surface area (Å²) in [6, 6.07) is 6.51. The number of amides is 1. The molecule has 0 saturated carbocycles. The van der Waals surface area contributed by atoms with Crippen molar-refractivity contribution >= 4 is 28.1 Å². The first-order valence-corrected chi connectivity index (χ1v) is 11.5. The highest BCUT2D eigenvalue weighted by atomic mass is 32.1. The van der Waals surface area contributed by atoms with Crippen molar-refractivity contribution in [2.45, 2.75) is 32.4 Å². The van der Waals surface area contributed by atoms with Crippen molar-refractivity contribution in [2.75, 3.05) is 51.3 Å². The van der Waals surface area contributed by atoms with Crippen molar-refractivity contribution < 1.29 is 9.53 Å². The molecule has 0 unspecified atom stereocenters. The summed E-state index contributed by atoms with van der Waals surface area (Å²) in [6.07, 6.45) is 0.756. The Labute approximate surface area is 181 Å². The van der Waals surface area contributed by atoms with Crippen LogP contribution in [0.2, 0.25) is 0 Å². The smallest absolute Gasteiger partial charge is 0.263 e. The second-order valence-corrected chi connectivity index (χ2v) is 10.1. The minimum Gasteiger partial charge on any atom is -0.490 e. The van der Waals surface area contributed by atoms with Crippen molar-refractivity contribution in [3.63, 3.8) is 0 Å². The molecule has 1 N–H and O–H groups in total. The molecule has 1 aromatic heterocycles. The number of aromatic nitrogens is 1. The van der Waals surface area contributed by atoms with Crippen LogP contribution in [0.3, 0.4) is 0 Å². The van der Waals surface area contributed by atoms with E-state index in [1.54, 1.807) is 0 Å². The number of likely N-dealkylation sites (N-methyl/N-ethyl adjacent to an activating group) is 1. The number of anilines is 2. The second-order valence-electron chi connectivity index (χ2n) is 9.17. The average Bonchev–Trinajstić information content (AvgIpc) is 3.12. The number of hydrogen-bond acceptors (Lipinski definition) is 7. The lowest BCUT2D eigenvalue weighted by Gasteiger charge is -2.33. The Morgan fingerprint density at radius 2 is 2.00 bits per heavy atom. The van der Waals surface area contributed by atoms with Crippen LogP contribution in [0, 0.1) is 0 Å². The highest BCUT2D eigenvalue weighted by Gasteiger charge is 2.34. The maximum atomic E-state index is 12.5. The maximum Gasteiger partial charge on any atom is 0.263 e. The molecule has 4 heterocycles. The van der Waals surface area contributed by atoms with Crippen molar-refractivity contribution in [1.29, 1.82) is 0 Å². The van der Waals surface area contributed by atoms with Gasteiger partial charge in [-0.2, -0.15) is 0 Å². The van der Waals surface area contributed by atoms with Crippen molar-refractivity contribution in [3.8, 4) is 5.75 Å². The number of fused-ring (bicyclic) bond motifs is 2. The third-order valence-electron chi connectivity index (χ3n) is 6.07. The topological polar surface area (TPSA) is 60.9 Å². The second kappa shape index (κ2) is 7.51. The molecular formula is C22H29N5O2S. The van der Waals surface area contributed by atoms with Gasteiger partial charge in [-0.3, -0.25) is 9.69 Å². The third-order valence-corrected chi connectivity index (χ3v) is 7.19. The summed E-state index contributed by atoms with van der Waals surface area (Å²) in [5.41, 5.74) is 2.97. The van der Waals surface area contributed by atoms with Gasteiger partial charge in [0, 0.05) is 44.7 Å². The summed E-state index contributed by atoms with van der Waals surface area (Å²) in [4.78, 5) is 25.2. The first-order chi connectivity index (χ1) is 14.4. The lowest BCUT2D eigenvalue weighted by molar-refractivity contribution is 0.0901. The van der Waals surface area contributed by atoms with Crippen molar-refractivity contribution in [1.82, 2.24) is 20.1 Å². The standard InChI is InChI=1S/C22H29N5O2S/c1-22(2)13-16-19(20(28)24-22)30-21(23-16)27-10-11-29-18-12-15(4-5-17(18)27)14-26-8-6-25(3)7-9-26/h4-5,12H,6-11,13-14H2,1-3H3,(H,24,28). The van der Waals surface area contributed by atoms with E-state index in [1.165, 1.54) is 16.9 Å². The van der Waals surface area contributed by atoms with Crippen LogP contribution in [0.25, 0.3) is 0 Å². The molecule has 0 bridgehead atoms. The molecule has 1 aromatic carbocycles. The molecule has 3 aliphatic rings. The van der Waals surface area contributed by atoms with E-state index in [2.05, 4.69) is 45.3 Å². The Morgan fingerprint density at radius 1 is 1.20 bits per heavy atom. The molecule has 0 spiro atoms. The molecule has 3 aliphatic heterocycles. The lowest BCUT2D eigenvalue weighted by Crippen LogP contribution is -2.48. The zero-order valence-corrected chi connectivity index (χ0v) is 18.7. The van der Waals surface area contributed by atoms with Gasteiger partial charge in [0.1, 0.15) is 17.2 Å². The Bertz CT molecular complexity index is 964. The van der Waals surface area contributed by atoms with Crippen LogP contribution in [0.5, 0.6) is 5.75 Å². The van der Waals surface area contributed by atoms with Gasteiger partial charge in [0.05, 0.1) is 17.9 Å². The minimum atomic E-state index is -0.253. The molecule has 2 aromatic rings. The number of nitrogens with one attached hydrogen (secondary N) is 1. The molecule has 1 saturated heterocycles. The summed E-state index contributed by atoms with van der Waals surface area (Å²) < 4.78 is 6.01. The predicted molar refractivity (Wildman–Crippen MR) is 119 cm³/mol. The fraction of sp³-hybridized carbons (Fsp3) is 0.545. The third kappa shape index (κ3) is 3.79. The number of nitrogens with zero attached hydrogens (tertiary/aromatic N) is 4. The molecular weight excluding hydrogens is 398 g/mol. The molecule has 8 heteroatoms. The normalized spacial score (nSPS) is 21.6. The predicted octanol–water partition coefficient (Wildman–Crippen LogP) is 2.49. The van der Waals surface area contributed by atoms with E-state index in [1.807, 2.05) is 13.8 Å². The minimum absolute atomic E-state index is 0.0130. The molecule has 1 fully saturated rings. The Balaban J connectivity index is 1.38. The van der Waals surface area contributed by atoms with Crippen LogP contribution in [0.4, 0.5) is 10.8 Å². The van der Waals surface area contributed by atoms with E-state index in [0.717, 1.165) is 72.8 Å². The highest BCUT2D eigenvalue weighted by Crippen LogP contribution is 2.41. The number of benzene rings is 1. The molecule has 0 atom stereocenters. The first-order valence-electron chi connectivity index (χ1n) is 10.6. The fourth-order valence-corrected chi connectivity index (χ4v) is 5.42. The number of rotatable bonds is 3. The molecule has 5 rings (SSSR count). The van der Waals surface area contributed by atoms with Gasteiger partial charge >= 0.3 is 0 Å². The van der Waals surface area contributed by atoms with E-state index in [0.29, 0.717) is 6.61 Å². The van der Waals surface area contributed by atoms with Gasteiger partial charge in [0.25, 0.3) is 5.91 Å². The molecule has 160 valence electrons. The van der Waals surface area contributed by atoms with Crippen LogP contribution in [0.15, 0.2) is 18.2 Å². The Hall–Kier alpha value is -2.16. The van der Waals surface area contributed by atoms with Gasteiger partial charge < -0.3 is 19.9 Å². The van der Waals surface area contributed by atoms with E-state index in [4.69, 9.17) is 9.72 Å². The summed E-state index contributed by atoms with van der Waals surface area (Å²) in [6.45, 7) is 10.8. The van der Waals surface area contributed by atoms with Crippen LogP contribution in [-0.4, -0.2) is 72.6 Å². The molecule has 7 nitrogen and oxygen atoms in total. The Kier molecular flexibility index (Phi) is 4.95. The van der Waals surface area contributed by atoms with Gasteiger partial charge in [-0.15, -0.1) is 0 Å². The number of piperazine rings is 1. The van der Waals surface area contributed by atoms with E-state index in [-0.39, 0.29) is 11.4 Å². The Morgan fingerprint density at radius 3 is 2.80 bits per heavy atom. The van der Waals surface area contributed by atoms with Crippen LogP contribution in [-0.2, 0) is 13.0 Å². The fourth-order valence-electron chi connectivity index (χ4n) is 4.40. The van der Waals surface area contributed by atoms with Crippen LogP contribution >= 0.6 is 11.3 Å². The number of hydrogen-bond donors (Lipinski definition) is 1. The summed E-state index contributed by atoms with van der Waals surface area (Å²) in [7, 11) is 2.18. The summed E-state index contributed by atoms with van der Waals surface area (Å²) in [5.74, 6) is 0.895. The molecule has 0 aliphatic carbocycles. The number of carbonyl (C=O) groups excluding carboxylic acids is 1. The van der Waals surface area contributed by atoms with Gasteiger partial charge in [-0.1, -0.05) is 17.4 Å². The average molecular weight is 428 g/mol. The molecule has 1 amide bonds. The summed E-state index contributed by atoms with van der Waals surface area (Å²) >= 11 is 1.48. The quantitative estimate of drug-likeness (QED) is 0.812. The van der Waals surface area contributed by atoms with Crippen molar-refractivity contribution in [2.24, 2.45) is 0 Å². The lowest BCUT2D eigenvalue weighted by atomic mass is 9.94. The van der Waals surface area contributed by atoms with Crippen molar-refractivity contribution in [3.05, 3.63) is 34.3 Å². The van der Waals surface area contributed by atoms with E-state index in [9.17, 15) is 4.79 Å². The maximum absolute atomic E-state index is 12.5. The zero-order valence-electron chi connectivity index (χ0n) is 17.9. The number of thiazole rings is 1. The van der Waals surface area contributed by atoms with E-state index >= 15 is 0 Å². The largest absolute Gasteiger partial charge is 0.490 e. The number of ether oxygens (including phenoxy) is 1. The zero-order chi connectivity index (χ0) is 20.9. The molecule has 30 heavy (non-hydrogen) atoms.